The molecule has 0 saturated carbocycles. The maximum Gasteiger partial charge on any atom is 0.233 e. The summed E-state index contributed by atoms with van der Waals surface area (Å²) in [5.41, 5.74) is 2.63. The van der Waals surface area contributed by atoms with Gasteiger partial charge in [-0.2, -0.15) is 0 Å². The van der Waals surface area contributed by atoms with E-state index in [0.717, 1.165) is 33.0 Å². The van der Waals surface area contributed by atoms with Gasteiger partial charge < -0.3 is 4.74 Å². The number of fused-ring (bicyclic) bond motifs is 1. The van der Waals surface area contributed by atoms with E-state index in [1.807, 2.05) is 48.5 Å². The van der Waals surface area contributed by atoms with Gasteiger partial charge in [0.05, 0.1) is 36.0 Å². The molecule has 158 valence electrons. The normalized spacial score (nSPS) is 10.9. The van der Waals surface area contributed by atoms with E-state index >= 15 is 0 Å². The summed E-state index contributed by atoms with van der Waals surface area (Å²) >= 11 is 3.29. The van der Waals surface area contributed by atoms with Gasteiger partial charge in [0.15, 0.2) is 5.13 Å². The fourth-order valence-electron chi connectivity index (χ4n) is 3.19. The smallest absolute Gasteiger partial charge is 0.233 e. The summed E-state index contributed by atoms with van der Waals surface area (Å²) in [5.74, 6) is 1.77. The average Bonchev–Trinajstić information content (AvgIpc) is 3.22. The van der Waals surface area contributed by atoms with Gasteiger partial charge in [-0.05, 0) is 47.7 Å². The highest BCUT2D eigenvalue weighted by Crippen LogP contribution is 2.32. The molecule has 4 aromatic rings. The molecule has 0 saturated heterocycles. The lowest BCUT2D eigenvalue weighted by atomic mass is 10.1. The molecule has 2 aromatic carbocycles. The van der Waals surface area contributed by atoms with Crippen molar-refractivity contribution in [3.8, 4) is 5.75 Å². The number of thiazole rings is 1. The predicted molar refractivity (Wildman–Crippen MR) is 128 cm³/mol. The Balaban J connectivity index is 1.62. The third-order valence-electron chi connectivity index (χ3n) is 4.75. The quantitative estimate of drug-likeness (QED) is 0.328. The topological polar surface area (TPSA) is 55.3 Å². The molecule has 1 amide bonds. The predicted octanol–water partition coefficient (Wildman–Crippen LogP) is 5.59. The number of anilines is 1. The molecule has 2 heterocycles. The Morgan fingerprint density at radius 3 is 2.68 bits per heavy atom. The van der Waals surface area contributed by atoms with Crippen LogP contribution in [0.1, 0.15) is 18.2 Å². The lowest BCUT2D eigenvalue weighted by Gasteiger charge is -2.19. The first-order valence-corrected chi connectivity index (χ1v) is 11.8. The molecule has 0 radical (unpaired) electrons. The van der Waals surface area contributed by atoms with Crippen LogP contribution in [0, 0.1) is 0 Å². The van der Waals surface area contributed by atoms with Crippen molar-refractivity contribution in [2.45, 2.75) is 24.8 Å². The van der Waals surface area contributed by atoms with Crippen molar-refractivity contribution in [1.29, 1.82) is 0 Å². The molecule has 7 heteroatoms. The van der Waals surface area contributed by atoms with Crippen molar-refractivity contribution in [2.75, 3.05) is 17.8 Å². The van der Waals surface area contributed by atoms with E-state index in [0.29, 0.717) is 18.1 Å². The summed E-state index contributed by atoms with van der Waals surface area (Å²) in [5, 5.41) is 0.664. The Bertz CT molecular complexity index is 1160. The number of carbonyl (C=O) groups is 1. The number of ether oxygens (including phenoxy) is 1. The van der Waals surface area contributed by atoms with E-state index in [2.05, 4.69) is 24.0 Å². The third kappa shape index (κ3) is 5.24. The molecule has 0 bridgehead atoms. The number of aromatic nitrogens is 2. The number of benzene rings is 2. The van der Waals surface area contributed by atoms with Gasteiger partial charge in [-0.3, -0.25) is 14.7 Å². The number of rotatable bonds is 8. The zero-order valence-corrected chi connectivity index (χ0v) is 19.1. The summed E-state index contributed by atoms with van der Waals surface area (Å²) < 4.78 is 6.32. The number of methoxy groups -OCH3 is 1. The lowest BCUT2D eigenvalue weighted by Crippen LogP contribution is -2.32. The molecule has 31 heavy (non-hydrogen) atoms. The minimum Gasteiger partial charge on any atom is -0.497 e. The number of hydrogen-bond acceptors (Lipinski definition) is 6. The van der Waals surface area contributed by atoms with Gasteiger partial charge in [-0.1, -0.05) is 36.5 Å². The van der Waals surface area contributed by atoms with Crippen molar-refractivity contribution < 1.29 is 9.53 Å². The van der Waals surface area contributed by atoms with E-state index in [1.54, 1.807) is 30.0 Å². The molecule has 0 atom stereocenters. The van der Waals surface area contributed by atoms with Gasteiger partial charge in [-0.15, -0.1) is 11.8 Å². The Hall–Kier alpha value is -2.90. The second-order valence-corrected chi connectivity index (χ2v) is 9.23. The molecule has 0 aliphatic carbocycles. The minimum absolute atomic E-state index is 0.00688. The second-order valence-electron chi connectivity index (χ2n) is 6.88. The summed E-state index contributed by atoms with van der Waals surface area (Å²) in [4.78, 5) is 25.4. The van der Waals surface area contributed by atoms with E-state index in [-0.39, 0.29) is 5.91 Å². The highest BCUT2D eigenvalue weighted by atomic mass is 32.2. The molecular formula is C24H23N3O2S2. The van der Waals surface area contributed by atoms with Gasteiger partial charge >= 0.3 is 0 Å². The van der Waals surface area contributed by atoms with E-state index in [9.17, 15) is 4.79 Å². The number of pyridine rings is 1. The van der Waals surface area contributed by atoms with Crippen LogP contribution in [0.2, 0.25) is 0 Å². The average molecular weight is 450 g/mol. The minimum atomic E-state index is -0.00688. The Labute approximate surface area is 190 Å². The van der Waals surface area contributed by atoms with Crippen LogP contribution in [0.5, 0.6) is 5.75 Å². The molecular weight excluding hydrogens is 426 g/mol. The van der Waals surface area contributed by atoms with Crippen molar-refractivity contribution in [2.24, 2.45) is 0 Å². The monoisotopic (exact) mass is 449 g/mol. The summed E-state index contributed by atoms with van der Waals surface area (Å²) in [6, 6.07) is 19.7. The Kier molecular flexibility index (Phi) is 6.84. The van der Waals surface area contributed by atoms with Crippen molar-refractivity contribution in [3.63, 3.8) is 0 Å². The van der Waals surface area contributed by atoms with Crippen LogP contribution in [0.25, 0.3) is 10.2 Å². The van der Waals surface area contributed by atoms with Crippen molar-refractivity contribution in [3.05, 3.63) is 78.1 Å². The van der Waals surface area contributed by atoms with Crippen molar-refractivity contribution >= 4 is 44.4 Å². The van der Waals surface area contributed by atoms with E-state index in [1.165, 1.54) is 16.2 Å². The van der Waals surface area contributed by atoms with Crippen LogP contribution in [-0.2, 0) is 17.8 Å². The number of thioether (sulfide) groups is 1. The van der Waals surface area contributed by atoms with Gasteiger partial charge in [0, 0.05) is 17.2 Å². The number of hydrogen-bond donors (Lipinski definition) is 0. The van der Waals surface area contributed by atoms with Gasteiger partial charge in [-0.25, -0.2) is 4.98 Å². The molecule has 4 rings (SSSR count). The molecule has 0 unspecified atom stereocenters. The van der Waals surface area contributed by atoms with Crippen LogP contribution in [0.15, 0.2) is 71.8 Å². The van der Waals surface area contributed by atoms with Crippen LogP contribution < -0.4 is 9.64 Å². The highest BCUT2D eigenvalue weighted by Gasteiger charge is 2.21. The Morgan fingerprint density at radius 2 is 1.97 bits per heavy atom. The molecule has 5 nitrogen and oxygen atoms in total. The standard InChI is InChI=1S/C24H23N3O2S2/c1-3-30-20-10-7-17(8-11-20)14-23(28)27(16-18-6-4-5-13-25-18)24-26-21-15-19(29-2)9-12-22(21)31-24/h4-13,15H,3,14,16H2,1-2H3. The van der Waals surface area contributed by atoms with E-state index < -0.39 is 0 Å². The Morgan fingerprint density at radius 1 is 1.13 bits per heavy atom. The van der Waals surface area contributed by atoms with Crippen LogP contribution >= 0.6 is 23.1 Å². The number of carbonyl (C=O) groups excluding carboxylic acids is 1. The number of amides is 1. The lowest BCUT2D eigenvalue weighted by molar-refractivity contribution is -0.118. The summed E-state index contributed by atoms with van der Waals surface area (Å²) in [7, 11) is 1.63. The SMILES string of the molecule is CCSc1ccc(CC(=O)N(Cc2ccccn2)c2nc3cc(OC)ccc3s2)cc1. The van der Waals surface area contributed by atoms with Gasteiger partial charge in [0.25, 0.3) is 0 Å². The summed E-state index contributed by atoms with van der Waals surface area (Å²) in [6.45, 7) is 2.51. The molecule has 0 spiro atoms. The zero-order valence-electron chi connectivity index (χ0n) is 17.4. The van der Waals surface area contributed by atoms with E-state index in [4.69, 9.17) is 9.72 Å². The first-order valence-electron chi connectivity index (χ1n) is 10.0. The van der Waals surface area contributed by atoms with Crippen molar-refractivity contribution in [1.82, 2.24) is 9.97 Å². The van der Waals surface area contributed by atoms with Crippen LogP contribution in [0.4, 0.5) is 5.13 Å². The van der Waals surface area contributed by atoms with Crippen LogP contribution in [-0.4, -0.2) is 28.7 Å². The molecule has 0 fully saturated rings. The molecule has 0 aliphatic rings. The maximum absolute atomic E-state index is 13.4. The molecule has 0 N–H and O–H groups in total. The zero-order chi connectivity index (χ0) is 21.6. The third-order valence-corrected chi connectivity index (χ3v) is 6.70. The largest absolute Gasteiger partial charge is 0.497 e. The number of nitrogens with zero attached hydrogens (tertiary/aromatic N) is 3. The first kappa shape index (κ1) is 21.3. The molecule has 2 aromatic heterocycles. The molecule has 0 aliphatic heterocycles. The second kappa shape index (κ2) is 9.94. The summed E-state index contributed by atoms with van der Waals surface area (Å²) in [6.07, 6.45) is 2.05. The first-order chi connectivity index (χ1) is 15.2. The maximum atomic E-state index is 13.4. The van der Waals surface area contributed by atoms with Gasteiger partial charge in [0.1, 0.15) is 5.75 Å². The van der Waals surface area contributed by atoms with Gasteiger partial charge in [0.2, 0.25) is 5.91 Å². The fraction of sp³-hybridized carbons (Fsp3) is 0.208. The highest BCUT2D eigenvalue weighted by molar-refractivity contribution is 7.99. The fourth-order valence-corrected chi connectivity index (χ4v) is 4.82. The van der Waals surface area contributed by atoms with Crippen LogP contribution in [0.3, 0.4) is 0 Å².